The summed E-state index contributed by atoms with van der Waals surface area (Å²) in [6.45, 7) is 2.05. The molecule has 0 aromatic carbocycles. The van der Waals surface area contributed by atoms with E-state index in [0.29, 0.717) is 23.4 Å². The van der Waals surface area contributed by atoms with Gasteiger partial charge in [-0.3, -0.25) is 0 Å². The van der Waals surface area contributed by atoms with Gasteiger partial charge in [-0.25, -0.2) is 13.1 Å². The summed E-state index contributed by atoms with van der Waals surface area (Å²) in [5, 5.41) is 3.44. The third-order valence-corrected chi connectivity index (χ3v) is 6.45. The number of hydrogen-bond donors (Lipinski definition) is 2. The van der Waals surface area contributed by atoms with E-state index in [-0.39, 0.29) is 0 Å². The third-order valence-electron chi connectivity index (χ3n) is 3.35. The van der Waals surface area contributed by atoms with Crippen LogP contribution in [-0.4, -0.2) is 41.3 Å². The maximum absolute atomic E-state index is 12.1. The highest BCUT2D eigenvalue weighted by Gasteiger charge is 2.20. The zero-order valence-corrected chi connectivity index (χ0v) is 14.1. The number of unbranched alkanes of at least 4 members (excludes halogenated alkanes) is 1. The standard InChI is InChI=1S/C14H24N2O3S2/c1-19-11-3-2-9-16-21(17,18)14-7-6-13(20-14)8-10-15-12-4-5-12/h6-7,12,15-16H,2-5,8-11H2,1H3. The largest absolute Gasteiger partial charge is 0.385 e. The predicted molar refractivity (Wildman–Crippen MR) is 85.3 cm³/mol. The molecule has 0 aliphatic heterocycles. The molecule has 7 heteroatoms. The Morgan fingerprint density at radius 2 is 2.10 bits per heavy atom. The van der Waals surface area contributed by atoms with Crippen LogP contribution in [0.5, 0.6) is 0 Å². The Kier molecular flexibility index (Phi) is 6.63. The number of rotatable bonds is 11. The molecule has 1 aromatic rings. The maximum atomic E-state index is 12.1. The Bertz CT molecular complexity index is 524. The minimum absolute atomic E-state index is 0.413. The molecule has 0 saturated heterocycles. The molecule has 120 valence electrons. The van der Waals surface area contributed by atoms with Gasteiger partial charge in [-0.15, -0.1) is 11.3 Å². The molecule has 1 fully saturated rings. The normalized spacial score (nSPS) is 15.5. The summed E-state index contributed by atoms with van der Waals surface area (Å²) in [6, 6.07) is 4.31. The van der Waals surface area contributed by atoms with Crippen molar-refractivity contribution >= 4 is 21.4 Å². The molecule has 0 radical (unpaired) electrons. The Morgan fingerprint density at radius 1 is 1.29 bits per heavy atom. The second kappa shape index (κ2) is 8.24. The SMILES string of the molecule is COCCCCNS(=O)(=O)c1ccc(CCNC2CC2)s1. The van der Waals surface area contributed by atoms with Crippen LogP contribution < -0.4 is 10.0 Å². The van der Waals surface area contributed by atoms with E-state index in [1.807, 2.05) is 6.07 Å². The second-order valence-electron chi connectivity index (χ2n) is 5.30. The number of ether oxygens (including phenoxy) is 1. The number of methoxy groups -OCH3 is 1. The Labute approximate surface area is 131 Å². The van der Waals surface area contributed by atoms with Gasteiger partial charge in [0.05, 0.1) is 0 Å². The molecule has 0 amide bonds. The van der Waals surface area contributed by atoms with Crippen molar-refractivity contribution in [3.63, 3.8) is 0 Å². The van der Waals surface area contributed by atoms with Crippen LogP contribution in [0.25, 0.3) is 0 Å². The third kappa shape index (κ3) is 6.04. The van der Waals surface area contributed by atoms with Crippen LogP contribution in [-0.2, 0) is 21.2 Å². The molecule has 0 atom stereocenters. The highest BCUT2D eigenvalue weighted by molar-refractivity contribution is 7.91. The fourth-order valence-electron chi connectivity index (χ4n) is 1.97. The minimum Gasteiger partial charge on any atom is -0.385 e. The molecule has 5 nitrogen and oxygen atoms in total. The Hall–Kier alpha value is -0.470. The summed E-state index contributed by atoms with van der Waals surface area (Å²) in [5.74, 6) is 0. The molecule has 0 spiro atoms. The fraction of sp³-hybridized carbons (Fsp3) is 0.714. The molecule has 2 rings (SSSR count). The lowest BCUT2D eigenvalue weighted by atomic mass is 10.3. The molecule has 1 aliphatic carbocycles. The summed E-state index contributed by atoms with van der Waals surface area (Å²) >= 11 is 1.37. The molecule has 1 heterocycles. The van der Waals surface area contributed by atoms with E-state index < -0.39 is 10.0 Å². The lowest BCUT2D eigenvalue weighted by molar-refractivity contribution is 0.193. The van der Waals surface area contributed by atoms with E-state index in [4.69, 9.17) is 4.74 Å². The van der Waals surface area contributed by atoms with Gasteiger partial charge in [0.25, 0.3) is 0 Å². The zero-order valence-electron chi connectivity index (χ0n) is 12.4. The molecule has 1 saturated carbocycles. The topological polar surface area (TPSA) is 67.4 Å². The van der Waals surface area contributed by atoms with Gasteiger partial charge in [0, 0.05) is 37.7 Å². The van der Waals surface area contributed by atoms with Crippen LogP contribution >= 0.6 is 11.3 Å². The lowest BCUT2D eigenvalue weighted by Crippen LogP contribution is -2.24. The van der Waals surface area contributed by atoms with Gasteiger partial charge in [0.1, 0.15) is 4.21 Å². The van der Waals surface area contributed by atoms with Crippen molar-refractivity contribution in [2.75, 3.05) is 26.8 Å². The highest BCUT2D eigenvalue weighted by Crippen LogP contribution is 2.22. The van der Waals surface area contributed by atoms with E-state index in [1.165, 1.54) is 24.2 Å². The number of hydrogen-bond acceptors (Lipinski definition) is 5. The van der Waals surface area contributed by atoms with Gasteiger partial charge in [0.15, 0.2) is 0 Å². The number of thiophene rings is 1. The van der Waals surface area contributed by atoms with Crippen molar-refractivity contribution in [3.8, 4) is 0 Å². The van der Waals surface area contributed by atoms with Crippen LogP contribution in [0, 0.1) is 0 Å². The van der Waals surface area contributed by atoms with E-state index in [1.54, 1.807) is 13.2 Å². The molecule has 1 aliphatic rings. The van der Waals surface area contributed by atoms with Gasteiger partial charge >= 0.3 is 0 Å². The van der Waals surface area contributed by atoms with Gasteiger partial charge in [-0.2, -0.15) is 0 Å². The molecule has 1 aromatic heterocycles. The summed E-state index contributed by atoms with van der Waals surface area (Å²) in [4.78, 5) is 1.11. The van der Waals surface area contributed by atoms with Crippen molar-refractivity contribution in [2.24, 2.45) is 0 Å². The van der Waals surface area contributed by atoms with Gasteiger partial charge in [0.2, 0.25) is 10.0 Å². The van der Waals surface area contributed by atoms with Gasteiger partial charge in [-0.05, 0) is 44.2 Å². The quantitative estimate of drug-likeness (QED) is 0.606. The van der Waals surface area contributed by atoms with Crippen LogP contribution in [0.3, 0.4) is 0 Å². The fourth-order valence-corrected chi connectivity index (χ4v) is 4.45. The first kappa shape index (κ1) is 16.9. The minimum atomic E-state index is -3.35. The van der Waals surface area contributed by atoms with Crippen LogP contribution in [0.1, 0.15) is 30.6 Å². The van der Waals surface area contributed by atoms with Gasteiger partial charge < -0.3 is 10.1 Å². The Balaban J connectivity index is 1.74. The van der Waals surface area contributed by atoms with Crippen molar-refractivity contribution < 1.29 is 13.2 Å². The average Bonchev–Trinajstić information content (AvgIpc) is 3.14. The smallest absolute Gasteiger partial charge is 0.250 e. The number of sulfonamides is 1. The molecular weight excluding hydrogens is 308 g/mol. The van der Waals surface area contributed by atoms with E-state index in [2.05, 4.69) is 10.0 Å². The lowest BCUT2D eigenvalue weighted by Gasteiger charge is -2.04. The average molecular weight is 332 g/mol. The summed E-state index contributed by atoms with van der Waals surface area (Å²) in [6.07, 6.45) is 5.09. The first-order chi connectivity index (χ1) is 10.1. The second-order valence-corrected chi connectivity index (χ2v) is 8.46. The number of nitrogens with one attached hydrogen (secondary N) is 2. The van der Waals surface area contributed by atoms with Crippen molar-refractivity contribution in [2.45, 2.75) is 42.4 Å². The van der Waals surface area contributed by atoms with Crippen LogP contribution in [0.4, 0.5) is 0 Å². The molecular formula is C14H24N2O3S2. The van der Waals surface area contributed by atoms with Crippen LogP contribution in [0.15, 0.2) is 16.3 Å². The maximum Gasteiger partial charge on any atom is 0.250 e. The van der Waals surface area contributed by atoms with Crippen molar-refractivity contribution in [1.82, 2.24) is 10.0 Å². The predicted octanol–water partition coefficient (Wildman–Crippen LogP) is 1.75. The summed E-state index contributed by atoms with van der Waals surface area (Å²) in [5.41, 5.74) is 0. The molecule has 0 bridgehead atoms. The van der Waals surface area contributed by atoms with Crippen molar-refractivity contribution in [1.29, 1.82) is 0 Å². The van der Waals surface area contributed by atoms with E-state index in [0.717, 1.165) is 30.7 Å². The van der Waals surface area contributed by atoms with Crippen LogP contribution in [0.2, 0.25) is 0 Å². The first-order valence-electron chi connectivity index (χ1n) is 7.42. The van der Waals surface area contributed by atoms with Gasteiger partial charge in [-0.1, -0.05) is 0 Å². The molecule has 21 heavy (non-hydrogen) atoms. The monoisotopic (exact) mass is 332 g/mol. The van der Waals surface area contributed by atoms with Crippen molar-refractivity contribution in [3.05, 3.63) is 17.0 Å². The zero-order chi connectivity index (χ0) is 15.1. The van der Waals surface area contributed by atoms with E-state index in [9.17, 15) is 8.42 Å². The summed E-state index contributed by atoms with van der Waals surface area (Å²) in [7, 11) is -1.70. The first-order valence-corrected chi connectivity index (χ1v) is 9.72. The highest BCUT2D eigenvalue weighted by atomic mass is 32.2. The van der Waals surface area contributed by atoms with E-state index >= 15 is 0 Å². The Morgan fingerprint density at radius 3 is 2.81 bits per heavy atom. The molecule has 2 N–H and O–H groups in total. The molecule has 0 unspecified atom stereocenters. The summed E-state index contributed by atoms with van der Waals surface area (Å²) < 4.78 is 32.2.